The van der Waals surface area contributed by atoms with Crippen molar-refractivity contribution >= 4 is 11.8 Å². The van der Waals surface area contributed by atoms with Crippen LogP contribution < -0.4 is 0 Å². The van der Waals surface area contributed by atoms with Crippen LogP contribution in [0.25, 0.3) is 0 Å². The summed E-state index contributed by atoms with van der Waals surface area (Å²) >= 11 is 1.46. The van der Waals surface area contributed by atoms with Gasteiger partial charge in [-0.2, -0.15) is 5.26 Å². The maximum Gasteiger partial charge on any atom is 0.192 e. The van der Waals surface area contributed by atoms with Gasteiger partial charge in [0.05, 0.1) is 23.9 Å². The van der Waals surface area contributed by atoms with Crippen LogP contribution in [0.4, 0.5) is 0 Å². The fourth-order valence-corrected chi connectivity index (χ4v) is 3.25. The Morgan fingerprint density at radius 2 is 1.96 bits per heavy atom. The average Bonchev–Trinajstić information content (AvgIpc) is 2.91. The Kier molecular flexibility index (Phi) is 6.20. The fraction of sp³-hybridized carbons (Fsp3) is 0.471. The molecular weight excluding hydrogens is 306 g/mol. The Morgan fingerprint density at radius 1 is 1.26 bits per heavy atom. The van der Waals surface area contributed by atoms with Crippen LogP contribution in [0, 0.1) is 11.3 Å². The summed E-state index contributed by atoms with van der Waals surface area (Å²) in [6.45, 7) is 4.75. The molecule has 0 radical (unpaired) electrons. The van der Waals surface area contributed by atoms with Crippen LogP contribution in [0.1, 0.15) is 37.7 Å². The van der Waals surface area contributed by atoms with E-state index in [0.717, 1.165) is 17.4 Å². The van der Waals surface area contributed by atoms with Gasteiger partial charge in [0.25, 0.3) is 0 Å². The van der Waals surface area contributed by atoms with Crippen LogP contribution >= 0.6 is 11.8 Å². The maximum absolute atomic E-state index is 9.09. The first-order valence-corrected chi connectivity index (χ1v) is 8.64. The van der Waals surface area contributed by atoms with E-state index in [1.165, 1.54) is 17.3 Å². The molecule has 23 heavy (non-hydrogen) atoms. The molecule has 122 valence electrons. The van der Waals surface area contributed by atoms with Gasteiger partial charge in [0.2, 0.25) is 0 Å². The van der Waals surface area contributed by atoms with Gasteiger partial charge in [-0.1, -0.05) is 49.0 Å². The molecule has 0 aliphatic carbocycles. The smallest absolute Gasteiger partial charge is 0.192 e. The van der Waals surface area contributed by atoms with E-state index < -0.39 is 0 Å². The minimum Gasteiger partial charge on any atom is -0.300 e. The van der Waals surface area contributed by atoms with Crippen LogP contribution in [0.3, 0.4) is 0 Å². The fourth-order valence-electron chi connectivity index (χ4n) is 2.51. The number of aromatic nitrogens is 3. The van der Waals surface area contributed by atoms with Gasteiger partial charge in [0.15, 0.2) is 11.0 Å². The van der Waals surface area contributed by atoms with Crippen molar-refractivity contribution in [3.05, 3.63) is 41.7 Å². The summed E-state index contributed by atoms with van der Waals surface area (Å²) in [7, 11) is 4.11. The topological polar surface area (TPSA) is 57.7 Å². The molecule has 2 aromatic rings. The number of hydrogen-bond donors (Lipinski definition) is 0. The molecule has 2 rings (SSSR count). The van der Waals surface area contributed by atoms with Gasteiger partial charge in [-0.15, -0.1) is 10.2 Å². The molecule has 1 heterocycles. The molecule has 0 spiro atoms. The first-order valence-electron chi connectivity index (χ1n) is 7.76. The summed E-state index contributed by atoms with van der Waals surface area (Å²) in [6.07, 6.45) is 0.957. The average molecular weight is 329 g/mol. The van der Waals surface area contributed by atoms with Crippen molar-refractivity contribution in [1.82, 2.24) is 19.7 Å². The number of benzene rings is 1. The van der Waals surface area contributed by atoms with Crippen molar-refractivity contribution in [2.24, 2.45) is 0 Å². The van der Waals surface area contributed by atoms with E-state index in [9.17, 15) is 0 Å². The summed E-state index contributed by atoms with van der Waals surface area (Å²) in [6, 6.07) is 12.7. The van der Waals surface area contributed by atoms with E-state index in [1.54, 1.807) is 0 Å². The van der Waals surface area contributed by atoms with Crippen molar-refractivity contribution in [2.75, 3.05) is 14.1 Å². The quantitative estimate of drug-likeness (QED) is 0.729. The second-order valence-electron chi connectivity index (χ2n) is 5.69. The first kappa shape index (κ1) is 17.5. The second-order valence-corrected chi connectivity index (χ2v) is 7.00. The van der Waals surface area contributed by atoms with E-state index in [0.29, 0.717) is 6.54 Å². The minimum absolute atomic E-state index is 0.152. The number of rotatable bonds is 7. The normalized spacial score (nSPS) is 13.7. The Hall–Kier alpha value is -1.84. The standard InChI is InChI=1S/C17H23N5S/c1-5-15(21(3)4)16-19-20-17(23-13(2)11-18)22(16)12-14-9-7-6-8-10-14/h6-10,13,15H,5,12H2,1-4H3/t13-,15-/m1/s1. The molecule has 0 fully saturated rings. The molecule has 0 unspecified atom stereocenters. The molecule has 0 aliphatic rings. The molecular formula is C17H23N5S. The lowest BCUT2D eigenvalue weighted by Crippen LogP contribution is -2.23. The summed E-state index contributed by atoms with van der Waals surface area (Å²) < 4.78 is 2.14. The number of thioether (sulfide) groups is 1. The molecule has 5 nitrogen and oxygen atoms in total. The molecule has 0 aliphatic heterocycles. The lowest BCUT2D eigenvalue weighted by atomic mass is 10.2. The van der Waals surface area contributed by atoms with Gasteiger partial charge in [-0.25, -0.2) is 0 Å². The van der Waals surface area contributed by atoms with E-state index in [4.69, 9.17) is 5.26 Å². The van der Waals surface area contributed by atoms with E-state index in [2.05, 4.69) is 58.9 Å². The lowest BCUT2D eigenvalue weighted by molar-refractivity contribution is 0.272. The Morgan fingerprint density at radius 3 is 2.52 bits per heavy atom. The number of hydrogen-bond acceptors (Lipinski definition) is 5. The van der Waals surface area contributed by atoms with Crippen molar-refractivity contribution in [2.45, 2.75) is 43.3 Å². The number of nitrogens with zero attached hydrogens (tertiary/aromatic N) is 5. The highest BCUT2D eigenvalue weighted by Gasteiger charge is 2.23. The van der Waals surface area contributed by atoms with E-state index >= 15 is 0 Å². The predicted molar refractivity (Wildman–Crippen MR) is 93.2 cm³/mol. The molecule has 0 amide bonds. The predicted octanol–water partition coefficient (Wildman–Crippen LogP) is 3.34. The zero-order valence-corrected chi connectivity index (χ0v) is 14.9. The highest BCUT2D eigenvalue weighted by atomic mass is 32.2. The lowest BCUT2D eigenvalue weighted by Gasteiger charge is -2.23. The highest BCUT2D eigenvalue weighted by Crippen LogP contribution is 2.28. The Labute approximate surface area is 142 Å². The molecule has 1 aromatic heterocycles. The molecule has 0 N–H and O–H groups in total. The molecule has 0 saturated carbocycles. The molecule has 2 atom stereocenters. The zero-order chi connectivity index (χ0) is 16.8. The van der Waals surface area contributed by atoms with Crippen LogP contribution in [-0.4, -0.2) is 39.0 Å². The van der Waals surface area contributed by atoms with Crippen molar-refractivity contribution in [3.63, 3.8) is 0 Å². The number of nitriles is 1. The van der Waals surface area contributed by atoms with Crippen molar-refractivity contribution < 1.29 is 0 Å². The molecule has 0 bridgehead atoms. The third kappa shape index (κ3) is 4.34. The van der Waals surface area contributed by atoms with E-state index in [-0.39, 0.29) is 11.3 Å². The van der Waals surface area contributed by atoms with Crippen LogP contribution in [0.2, 0.25) is 0 Å². The van der Waals surface area contributed by atoms with Crippen LogP contribution in [0.15, 0.2) is 35.5 Å². The highest BCUT2D eigenvalue weighted by molar-refractivity contribution is 8.00. The minimum atomic E-state index is -0.152. The molecule has 0 saturated heterocycles. The van der Waals surface area contributed by atoms with E-state index in [1.807, 2.05) is 25.1 Å². The Bertz CT molecular complexity index is 659. The summed E-state index contributed by atoms with van der Waals surface area (Å²) in [5.41, 5.74) is 1.20. The SMILES string of the molecule is CC[C@H](c1nnc(S[C@H](C)C#N)n1Cc1ccccc1)N(C)C. The van der Waals surface area contributed by atoms with Crippen molar-refractivity contribution in [1.29, 1.82) is 5.26 Å². The largest absolute Gasteiger partial charge is 0.300 e. The molecule has 6 heteroatoms. The van der Waals surface area contributed by atoms with Gasteiger partial charge in [-0.3, -0.25) is 4.90 Å². The third-order valence-corrected chi connectivity index (χ3v) is 4.67. The zero-order valence-electron chi connectivity index (χ0n) is 14.1. The summed E-state index contributed by atoms with van der Waals surface area (Å²) in [5, 5.41) is 18.5. The van der Waals surface area contributed by atoms with Gasteiger partial charge >= 0.3 is 0 Å². The van der Waals surface area contributed by atoms with Crippen LogP contribution in [0.5, 0.6) is 0 Å². The summed E-state index contributed by atoms with van der Waals surface area (Å²) in [4.78, 5) is 2.16. The monoisotopic (exact) mass is 329 g/mol. The Balaban J connectivity index is 2.40. The first-order chi connectivity index (χ1) is 11.1. The maximum atomic E-state index is 9.09. The van der Waals surface area contributed by atoms with Gasteiger partial charge < -0.3 is 4.57 Å². The van der Waals surface area contributed by atoms with Gasteiger partial charge in [0.1, 0.15) is 0 Å². The second kappa shape index (κ2) is 8.14. The third-order valence-electron chi connectivity index (χ3n) is 3.70. The van der Waals surface area contributed by atoms with Crippen molar-refractivity contribution in [3.8, 4) is 6.07 Å². The van der Waals surface area contributed by atoms with Crippen LogP contribution in [-0.2, 0) is 6.54 Å². The van der Waals surface area contributed by atoms with Gasteiger partial charge in [0, 0.05) is 0 Å². The summed E-state index contributed by atoms with van der Waals surface area (Å²) in [5.74, 6) is 0.953. The van der Waals surface area contributed by atoms with Gasteiger partial charge in [-0.05, 0) is 33.0 Å². The molecule has 1 aromatic carbocycles.